The minimum atomic E-state index is 0.0160. The zero-order chi connectivity index (χ0) is 23.2. The lowest BCUT2D eigenvalue weighted by atomic mass is 10.0. The van der Waals surface area contributed by atoms with Crippen LogP contribution in [0.25, 0.3) is 0 Å². The fraction of sp³-hybridized carbons (Fsp3) is 0.280. The molecule has 168 valence electrons. The molecule has 0 spiro atoms. The van der Waals surface area contributed by atoms with Gasteiger partial charge in [0.15, 0.2) is 0 Å². The van der Waals surface area contributed by atoms with E-state index >= 15 is 0 Å². The molecule has 0 saturated carbocycles. The Hall–Kier alpha value is -4.12. The lowest BCUT2D eigenvalue weighted by Gasteiger charge is -2.34. The highest BCUT2D eigenvalue weighted by molar-refractivity contribution is 5.79. The molecule has 0 radical (unpaired) electrons. The van der Waals surface area contributed by atoms with Crippen molar-refractivity contribution in [3.8, 4) is 11.8 Å². The van der Waals surface area contributed by atoms with Crippen molar-refractivity contribution in [1.29, 1.82) is 0 Å². The van der Waals surface area contributed by atoms with Gasteiger partial charge in [-0.05, 0) is 37.5 Å². The van der Waals surface area contributed by atoms with Gasteiger partial charge in [0, 0.05) is 30.9 Å². The van der Waals surface area contributed by atoms with E-state index in [0.717, 1.165) is 36.1 Å². The molecule has 1 fully saturated rings. The van der Waals surface area contributed by atoms with Gasteiger partial charge in [-0.1, -0.05) is 42.2 Å². The van der Waals surface area contributed by atoms with Crippen molar-refractivity contribution in [2.45, 2.75) is 32.2 Å². The number of nitrogens with two attached hydrogens (primary N) is 2. The predicted octanol–water partition coefficient (Wildman–Crippen LogP) is 2.07. The molecule has 1 aliphatic heterocycles. The molecule has 3 aromatic rings. The molecule has 1 aromatic carbocycles. The van der Waals surface area contributed by atoms with Gasteiger partial charge in [0.1, 0.15) is 11.6 Å². The molecule has 1 atom stereocenters. The standard InChI is InChI=1S/C25H27N7O/c1-17-21(11-9-19-10-12-22(26)28-15-19)24(31-25(27)29-17)32-13-5-8-20(16-32)30-23(33)14-18-6-3-2-4-7-18/h2-4,6-7,10,12,15,20H,5,8,13-14,16H2,1H3,(H2,26,28)(H,30,33)(H2,27,29,31). The summed E-state index contributed by atoms with van der Waals surface area (Å²) in [5.41, 5.74) is 14.8. The van der Waals surface area contributed by atoms with E-state index in [0.29, 0.717) is 30.3 Å². The van der Waals surface area contributed by atoms with Gasteiger partial charge in [-0.3, -0.25) is 4.79 Å². The number of rotatable bonds is 4. The molecule has 1 aliphatic rings. The van der Waals surface area contributed by atoms with E-state index in [9.17, 15) is 4.79 Å². The van der Waals surface area contributed by atoms with Crippen LogP contribution in [0.4, 0.5) is 17.6 Å². The van der Waals surface area contributed by atoms with E-state index < -0.39 is 0 Å². The van der Waals surface area contributed by atoms with E-state index in [-0.39, 0.29) is 17.9 Å². The summed E-state index contributed by atoms with van der Waals surface area (Å²) in [4.78, 5) is 27.6. The Morgan fingerprint density at radius 1 is 1.15 bits per heavy atom. The molecule has 2 aromatic heterocycles. The topological polar surface area (TPSA) is 123 Å². The van der Waals surface area contributed by atoms with Crippen LogP contribution in [-0.2, 0) is 11.2 Å². The van der Waals surface area contributed by atoms with Crippen LogP contribution in [0.1, 0.15) is 35.2 Å². The molecule has 8 nitrogen and oxygen atoms in total. The van der Waals surface area contributed by atoms with Gasteiger partial charge in [-0.25, -0.2) is 9.97 Å². The third-order valence-corrected chi connectivity index (χ3v) is 5.50. The molecule has 0 aliphatic carbocycles. The number of hydrogen-bond donors (Lipinski definition) is 3. The van der Waals surface area contributed by atoms with Crippen LogP contribution in [0.2, 0.25) is 0 Å². The van der Waals surface area contributed by atoms with Crippen LogP contribution in [0, 0.1) is 18.8 Å². The number of nitrogens with zero attached hydrogens (tertiary/aromatic N) is 4. The SMILES string of the molecule is Cc1nc(N)nc(N2CCCC(NC(=O)Cc3ccccc3)C2)c1C#Cc1ccc(N)nc1. The monoisotopic (exact) mass is 441 g/mol. The Kier molecular flexibility index (Phi) is 6.69. The lowest BCUT2D eigenvalue weighted by molar-refractivity contribution is -0.121. The summed E-state index contributed by atoms with van der Waals surface area (Å²) >= 11 is 0. The Bertz CT molecular complexity index is 1180. The highest BCUT2D eigenvalue weighted by Crippen LogP contribution is 2.24. The summed E-state index contributed by atoms with van der Waals surface area (Å²) < 4.78 is 0. The highest BCUT2D eigenvalue weighted by atomic mass is 16.1. The summed E-state index contributed by atoms with van der Waals surface area (Å²) in [5.74, 6) is 7.66. The number of hydrogen-bond acceptors (Lipinski definition) is 7. The first-order chi connectivity index (χ1) is 16.0. The third kappa shape index (κ3) is 5.77. The van der Waals surface area contributed by atoms with Crippen molar-refractivity contribution in [2.24, 2.45) is 0 Å². The number of nitrogens with one attached hydrogen (secondary N) is 1. The van der Waals surface area contributed by atoms with E-state index in [2.05, 4.69) is 37.0 Å². The average Bonchev–Trinajstić information content (AvgIpc) is 2.80. The fourth-order valence-corrected chi connectivity index (χ4v) is 3.92. The second-order valence-corrected chi connectivity index (χ2v) is 8.10. The Balaban J connectivity index is 1.52. The summed E-state index contributed by atoms with van der Waals surface area (Å²) in [6.45, 7) is 3.31. The van der Waals surface area contributed by atoms with Crippen molar-refractivity contribution in [3.05, 3.63) is 71.0 Å². The van der Waals surface area contributed by atoms with Gasteiger partial charge in [0.25, 0.3) is 0 Å². The van der Waals surface area contributed by atoms with Crippen LogP contribution >= 0.6 is 0 Å². The summed E-state index contributed by atoms with van der Waals surface area (Å²) in [5, 5.41) is 3.17. The van der Waals surface area contributed by atoms with Crippen molar-refractivity contribution in [1.82, 2.24) is 20.3 Å². The maximum atomic E-state index is 12.6. The predicted molar refractivity (Wildman–Crippen MR) is 129 cm³/mol. The molecule has 33 heavy (non-hydrogen) atoms. The molecular formula is C25H27N7O. The first-order valence-electron chi connectivity index (χ1n) is 10.9. The Morgan fingerprint density at radius 3 is 2.73 bits per heavy atom. The number of carbonyl (C=O) groups excluding carboxylic acids is 1. The zero-order valence-electron chi connectivity index (χ0n) is 18.6. The van der Waals surface area contributed by atoms with E-state index in [4.69, 9.17) is 11.5 Å². The number of piperidine rings is 1. The minimum absolute atomic E-state index is 0.0160. The lowest BCUT2D eigenvalue weighted by Crippen LogP contribution is -2.48. The van der Waals surface area contributed by atoms with Crippen LogP contribution in [0.5, 0.6) is 0 Å². The summed E-state index contributed by atoms with van der Waals surface area (Å²) in [6.07, 6.45) is 3.83. The van der Waals surface area contributed by atoms with E-state index in [1.54, 1.807) is 12.3 Å². The molecule has 5 N–H and O–H groups in total. The normalized spacial score (nSPS) is 15.4. The van der Waals surface area contributed by atoms with Crippen molar-refractivity contribution in [3.63, 3.8) is 0 Å². The number of anilines is 3. The molecule has 1 saturated heterocycles. The summed E-state index contributed by atoms with van der Waals surface area (Å²) in [7, 11) is 0. The smallest absolute Gasteiger partial charge is 0.224 e. The number of carbonyl (C=O) groups is 1. The van der Waals surface area contributed by atoms with Gasteiger partial charge in [-0.15, -0.1) is 0 Å². The van der Waals surface area contributed by atoms with Crippen LogP contribution in [0.3, 0.4) is 0 Å². The fourth-order valence-electron chi connectivity index (χ4n) is 3.92. The van der Waals surface area contributed by atoms with Crippen molar-refractivity contribution in [2.75, 3.05) is 29.5 Å². The first-order valence-corrected chi connectivity index (χ1v) is 10.9. The van der Waals surface area contributed by atoms with Crippen LogP contribution in [-0.4, -0.2) is 40.0 Å². The number of aromatic nitrogens is 3. The molecular weight excluding hydrogens is 414 g/mol. The summed E-state index contributed by atoms with van der Waals surface area (Å²) in [6, 6.07) is 13.3. The maximum Gasteiger partial charge on any atom is 0.224 e. The van der Waals surface area contributed by atoms with Crippen molar-refractivity contribution >= 4 is 23.5 Å². The molecule has 1 amide bonds. The maximum absolute atomic E-state index is 12.6. The highest BCUT2D eigenvalue weighted by Gasteiger charge is 2.25. The molecule has 1 unspecified atom stereocenters. The number of aryl methyl sites for hydroxylation is 1. The van der Waals surface area contributed by atoms with Gasteiger partial charge in [-0.2, -0.15) is 4.98 Å². The van der Waals surface area contributed by atoms with Gasteiger partial charge >= 0.3 is 0 Å². The van der Waals surface area contributed by atoms with Crippen LogP contribution in [0.15, 0.2) is 48.7 Å². The van der Waals surface area contributed by atoms with Crippen molar-refractivity contribution < 1.29 is 4.79 Å². The number of amides is 1. The second kappa shape index (κ2) is 10.0. The first kappa shape index (κ1) is 22.1. The third-order valence-electron chi connectivity index (χ3n) is 5.50. The second-order valence-electron chi connectivity index (χ2n) is 8.10. The Labute approximate surface area is 193 Å². The van der Waals surface area contributed by atoms with E-state index in [1.807, 2.05) is 43.3 Å². The average molecular weight is 442 g/mol. The molecule has 3 heterocycles. The van der Waals surface area contributed by atoms with E-state index in [1.165, 1.54) is 0 Å². The van der Waals surface area contributed by atoms with Crippen LogP contribution < -0.4 is 21.7 Å². The quantitative estimate of drug-likeness (QED) is 0.530. The zero-order valence-corrected chi connectivity index (χ0v) is 18.6. The Morgan fingerprint density at radius 2 is 1.97 bits per heavy atom. The van der Waals surface area contributed by atoms with Gasteiger partial charge in [0.05, 0.1) is 17.7 Å². The molecule has 4 rings (SSSR count). The number of nitrogen functional groups attached to an aromatic ring is 2. The number of pyridine rings is 1. The largest absolute Gasteiger partial charge is 0.384 e. The minimum Gasteiger partial charge on any atom is -0.384 e. The molecule has 0 bridgehead atoms. The molecule has 8 heteroatoms. The number of benzene rings is 1. The van der Waals surface area contributed by atoms with Gasteiger partial charge < -0.3 is 21.7 Å². The van der Waals surface area contributed by atoms with Gasteiger partial charge in [0.2, 0.25) is 11.9 Å².